The van der Waals surface area contributed by atoms with Gasteiger partial charge in [-0.3, -0.25) is 9.59 Å². The van der Waals surface area contributed by atoms with Crippen molar-refractivity contribution in [3.8, 4) is 5.75 Å². The summed E-state index contributed by atoms with van der Waals surface area (Å²) in [4.78, 5) is 37.9. The molecule has 0 radical (unpaired) electrons. The third-order valence-electron chi connectivity index (χ3n) is 5.00. The van der Waals surface area contributed by atoms with Gasteiger partial charge in [0.15, 0.2) is 0 Å². The monoisotopic (exact) mass is 591 g/mol. The molecule has 3 N–H and O–H groups in total. The Bertz CT molecular complexity index is 1200. The van der Waals surface area contributed by atoms with Gasteiger partial charge in [0.05, 0.1) is 28.4 Å². The van der Waals surface area contributed by atoms with Crippen molar-refractivity contribution < 1.29 is 37.0 Å². The fraction of sp³-hybridized carbons (Fsp3) is 0.423. The van der Waals surface area contributed by atoms with Crippen molar-refractivity contribution in [1.82, 2.24) is 10.6 Å². The summed E-state index contributed by atoms with van der Waals surface area (Å²) in [5.74, 6) is -1.63. The molecule has 0 unspecified atom stereocenters. The fourth-order valence-corrected chi connectivity index (χ4v) is 3.59. The number of amides is 3. The quantitative estimate of drug-likeness (QED) is 0.296. The SMILES string of the molecule is CC(C)[C@H](NC(=O)c1cc(Cl)ccc1OCCNC(=O)OC(C)(C)C)C(=O)Nc1ccc(C(F)(F)F)cc1Cl. The van der Waals surface area contributed by atoms with Crippen molar-refractivity contribution in [2.45, 2.75) is 52.4 Å². The van der Waals surface area contributed by atoms with Gasteiger partial charge in [0.25, 0.3) is 5.91 Å². The van der Waals surface area contributed by atoms with Crippen LogP contribution in [0, 0.1) is 5.92 Å². The molecule has 0 aliphatic rings. The number of nitrogens with one attached hydrogen (secondary N) is 3. The third kappa shape index (κ3) is 10.1. The van der Waals surface area contributed by atoms with Crippen LogP contribution in [0.1, 0.15) is 50.5 Å². The highest BCUT2D eigenvalue weighted by atomic mass is 35.5. The summed E-state index contributed by atoms with van der Waals surface area (Å²) in [6, 6.07) is 5.78. The van der Waals surface area contributed by atoms with Crippen molar-refractivity contribution in [1.29, 1.82) is 0 Å². The second-order valence-corrected chi connectivity index (χ2v) is 10.6. The smallest absolute Gasteiger partial charge is 0.416 e. The number of ether oxygens (including phenoxy) is 2. The largest absolute Gasteiger partial charge is 0.491 e. The van der Waals surface area contributed by atoms with Gasteiger partial charge in [-0.15, -0.1) is 0 Å². The molecule has 39 heavy (non-hydrogen) atoms. The summed E-state index contributed by atoms with van der Waals surface area (Å²) < 4.78 is 49.5. The van der Waals surface area contributed by atoms with Crippen LogP contribution >= 0.6 is 23.2 Å². The highest BCUT2D eigenvalue weighted by molar-refractivity contribution is 6.34. The second-order valence-electron chi connectivity index (χ2n) is 9.79. The molecule has 0 aromatic heterocycles. The molecular formula is C26H30Cl2F3N3O5. The van der Waals surface area contributed by atoms with Crippen LogP contribution in [0.4, 0.5) is 23.7 Å². The van der Waals surface area contributed by atoms with E-state index < -0.39 is 47.2 Å². The summed E-state index contributed by atoms with van der Waals surface area (Å²) in [7, 11) is 0. The molecule has 0 aliphatic heterocycles. The summed E-state index contributed by atoms with van der Waals surface area (Å²) in [5.41, 5.74) is -1.64. The van der Waals surface area contributed by atoms with Gasteiger partial charge >= 0.3 is 12.3 Å². The van der Waals surface area contributed by atoms with Crippen LogP contribution in [0.3, 0.4) is 0 Å². The average Bonchev–Trinajstić information content (AvgIpc) is 2.80. The van der Waals surface area contributed by atoms with Gasteiger partial charge in [0, 0.05) is 5.02 Å². The summed E-state index contributed by atoms with van der Waals surface area (Å²) in [5, 5.41) is 7.53. The molecule has 0 fully saturated rings. The van der Waals surface area contributed by atoms with E-state index in [4.69, 9.17) is 32.7 Å². The highest BCUT2D eigenvalue weighted by Crippen LogP contribution is 2.34. The lowest BCUT2D eigenvalue weighted by Gasteiger charge is -2.23. The first-order valence-electron chi connectivity index (χ1n) is 11.9. The number of alkyl carbamates (subject to hydrolysis) is 1. The molecule has 0 saturated heterocycles. The first kappa shape index (κ1) is 32.0. The molecule has 0 aliphatic carbocycles. The topological polar surface area (TPSA) is 106 Å². The van der Waals surface area contributed by atoms with E-state index in [1.807, 2.05) is 0 Å². The maximum absolute atomic E-state index is 13.1. The molecule has 1 atom stereocenters. The van der Waals surface area contributed by atoms with E-state index in [1.54, 1.807) is 34.6 Å². The van der Waals surface area contributed by atoms with E-state index in [1.165, 1.54) is 18.2 Å². The molecule has 0 saturated carbocycles. The number of alkyl halides is 3. The average molecular weight is 592 g/mol. The fourth-order valence-electron chi connectivity index (χ4n) is 3.19. The van der Waals surface area contributed by atoms with E-state index in [2.05, 4.69) is 16.0 Å². The number of carbonyl (C=O) groups excluding carboxylic acids is 3. The van der Waals surface area contributed by atoms with Crippen LogP contribution in [-0.2, 0) is 15.7 Å². The van der Waals surface area contributed by atoms with Gasteiger partial charge in [-0.25, -0.2) is 4.79 Å². The van der Waals surface area contributed by atoms with Crippen molar-refractivity contribution in [2.24, 2.45) is 5.92 Å². The Balaban J connectivity index is 2.11. The van der Waals surface area contributed by atoms with Crippen LogP contribution in [0.2, 0.25) is 10.0 Å². The summed E-state index contributed by atoms with van der Waals surface area (Å²) >= 11 is 12.0. The highest BCUT2D eigenvalue weighted by Gasteiger charge is 2.32. The number of halogens is 5. The van der Waals surface area contributed by atoms with E-state index in [0.717, 1.165) is 12.1 Å². The van der Waals surface area contributed by atoms with Gasteiger partial charge in [0.1, 0.15) is 24.0 Å². The van der Waals surface area contributed by atoms with Gasteiger partial charge in [-0.2, -0.15) is 13.2 Å². The van der Waals surface area contributed by atoms with Crippen LogP contribution in [0.5, 0.6) is 5.75 Å². The lowest BCUT2D eigenvalue weighted by atomic mass is 10.0. The number of benzene rings is 2. The third-order valence-corrected chi connectivity index (χ3v) is 5.55. The minimum atomic E-state index is -4.59. The van der Waals surface area contributed by atoms with Crippen LogP contribution in [0.25, 0.3) is 0 Å². The number of hydrogen-bond donors (Lipinski definition) is 3. The minimum Gasteiger partial charge on any atom is -0.491 e. The zero-order chi connectivity index (χ0) is 29.5. The first-order valence-corrected chi connectivity index (χ1v) is 12.6. The van der Waals surface area contributed by atoms with E-state index in [0.29, 0.717) is 6.07 Å². The van der Waals surface area contributed by atoms with Gasteiger partial charge < -0.3 is 25.4 Å². The number of anilines is 1. The molecule has 2 rings (SSSR count). The van der Waals surface area contributed by atoms with Crippen LogP contribution in [-0.4, -0.2) is 42.7 Å². The minimum absolute atomic E-state index is 0.00166. The Morgan fingerprint density at radius 1 is 1.00 bits per heavy atom. The molecule has 13 heteroatoms. The Kier molecular flexibility index (Phi) is 10.9. The Labute approximate surface area is 234 Å². The van der Waals surface area contributed by atoms with Crippen molar-refractivity contribution >= 4 is 46.8 Å². The van der Waals surface area contributed by atoms with Gasteiger partial charge in [-0.1, -0.05) is 37.0 Å². The van der Waals surface area contributed by atoms with E-state index in [9.17, 15) is 27.6 Å². The molecule has 0 heterocycles. The predicted octanol–water partition coefficient (Wildman–Crippen LogP) is 6.31. The molecule has 0 bridgehead atoms. The van der Waals surface area contributed by atoms with Crippen LogP contribution < -0.4 is 20.7 Å². The Morgan fingerprint density at radius 2 is 1.67 bits per heavy atom. The van der Waals surface area contributed by atoms with Crippen LogP contribution in [0.15, 0.2) is 36.4 Å². The lowest BCUT2D eigenvalue weighted by Crippen LogP contribution is -2.47. The van der Waals surface area contributed by atoms with Gasteiger partial charge in [-0.05, 0) is 63.1 Å². The van der Waals surface area contributed by atoms with Crippen molar-refractivity contribution in [2.75, 3.05) is 18.5 Å². The maximum Gasteiger partial charge on any atom is 0.416 e. The second kappa shape index (κ2) is 13.3. The van der Waals surface area contributed by atoms with E-state index in [-0.39, 0.29) is 40.2 Å². The molecule has 8 nitrogen and oxygen atoms in total. The van der Waals surface area contributed by atoms with E-state index >= 15 is 0 Å². The Morgan fingerprint density at radius 3 is 2.23 bits per heavy atom. The first-order chi connectivity index (χ1) is 18.0. The summed E-state index contributed by atoms with van der Waals surface area (Å²) in [6.45, 7) is 8.62. The number of hydrogen-bond acceptors (Lipinski definition) is 5. The zero-order valence-electron chi connectivity index (χ0n) is 22.0. The summed E-state index contributed by atoms with van der Waals surface area (Å²) in [6.07, 6.45) is -5.22. The standard InChI is InChI=1S/C26H30Cl2F3N3O5/c1-14(2)21(23(36)33-19-8-6-15(12-18(19)28)26(29,30)31)34-22(35)17-13-16(27)7-9-20(17)38-11-10-32-24(37)39-25(3,4)5/h6-9,12-14,21H,10-11H2,1-5H3,(H,32,37)(H,33,36)(H,34,35)/t21-/m0/s1. The lowest BCUT2D eigenvalue weighted by molar-refractivity contribution is -0.137. The number of rotatable bonds is 9. The Hall–Kier alpha value is -3.18. The number of carbonyl (C=O) groups is 3. The molecular weight excluding hydrogens is 562 g/mol. The normalized spacial score (nSPS) is 12.5. The molecule has 0 spiro atoms. The molecule has 2 aromatic rings. The zero-order valence-corrected chi connectivity index (χ0v) is 23.5. The molecule has 214 valence electrons. The molecule has 3 amide bonds. The van der Waals surface area contributed by atoms with Crippen molar-refractivity contribution in [3.63, 3.8) is 0 Å². The van der Waals surface area contributed by atoms with Gasteiger partial charge in [0.2, 0.25) is 5.91 Å². The van der Waals surface area contributed by atoms with Crippen molar-refractivity contribution in [3.05, 3.63) is 57.6 Å². The maximum atomic E-state index is 13.1. The molecule has 2 aromatic carbocycles. The predicted molar refractivity (Wildman–Crippen MR) is 142 cm³/mol.